The van der Waals surface area contributed by atoms with Crippen LogP contribution in [0.1, 0.15) is 36.6 Å². The quantitative estimate of drug-likeness (QED) is 0.891. The fraction of sp³-hybridized carbons (Fsp3) is 0.400. The monoisotopic (exact) mass is 243 g/mol. The van der Waals surface area contributed by atoms with Gasteiger partial charge in [-0.05, 0) is 24.5 Å². The van der Waals surface area contributed by atoms with Gasteiger partial charge in [0.1, 0.15) is 0 Å². The molecule has 0 spiro atoms. The highest BCUT2D eigenvalue weighted by molar-refractivity contribution is 5.50. The number of hydrogen-bond acceptors (Lipinski definition) is 2. The third-order valence-electron chi connectivity index (χ3n) is 3.10. The largest absolute Gasteiger partial charge is 0.381 e. The lowest BCUT2D eigenvalue weighted by Crippen LogP contribution is -2.03. The molecule has 0 aliphatic heterocycles. The normalized spacial score (nSPS) is 10.9. The highest BCUT2D eigenvalue weighted by Gasteiger charge is 2.11. The van der Waals surface area contributed by atoms with Crippen LogP contribution in [-0.4, -0.2) is 9.78 Å². The van der Waals surface area contributed by atoms with Crippen LogP contribution in [0.15, 0.2) is 30.5 Å². The number of hydrogen-bond donors (Lipinski definition) is 1. The standard InChI is InChI=1S/C15H21N3/c1-11(2)15-13(10-18(4)17-15)9-16-14-8-6-5-7-12(14)3/h5-8,10-11,16H,9H2,1-4H3. The van der Waals surface area contributed by atoms with Gasteiger partial charge in [0.05, 0.1) is 5.69 Å². The Kier molecular flexibility index (Phi) is 3.70. The molecule has 1 aromatic carbocycles. The predicted molar refractivity (Wildman–Crippen MR) is 75.8 cm³/mol. The highest BCUT2D eigenvalue weighted by Crippen LogP contribution is 2.20. The smallest absolute Gasteiger partial charge is 0.0699 e. The van der Waals surface area contributed by atoms with E-state index in [1.807, 2.05) is 11.7 Å². The van der Waals surface area contributed by atoms with Crippen LogP contribution in [0.25, 0.3) is 0 Å². The number of nitrogens with zero attached hydrogens (tertiary/aromatic N) is 2. The molecule has 0 atom stereocenters. The van der Waals surface area contributed by atoms with Crippen molar-refractivity contribution in [2.24, 2.45) is 7.05 Å². The highest BCUT2D eigenvalue weighted by atomic mass is 15.3. The van der Waals surface area contributed by atoms with Gasteiger partial charge in [0.25, 0.3) is 0 Å². The molecule has 1 aromatic heterocycles. The van der Waals surface area contributed by atoms with Gasteiger partial charge in [0.15, 0.2) is 0 Å². The molecule has 0 amide bonds. The molecule has 0 fully saturated rings. The summed E-state index contributed by atoms with van der Waals surface area (Å²) in [6.07, 6.45) is 2.10. The number of anilines is 1. The molecule has 0 saturated carbocycles. The summed E-state index contributed by atoms with van der Waals surface area (Å²) in [5, 5.41) is 8.01. The van der Waals surface area contributed by atoms with Gasteiger partial charge >= 0.3 is 0 Å². The molecular weight excluding hydrogens is 222 g/mol. The van der Waals surface area contributed by atoms with Crippen molar-refractivity contribution in [3.63, 3.8) is 0 Å². The zero-order chi connectivity index (χ0) is 13.1. The Hall–Kier alpha value is -1.77. The molecule has 18 heavy (non-hydrogen) atoms. The van der Waals surface area contributed by atoms with Gasteiger partial charge in [-0.2, -0.15) is 5.10 Å². The maximum Gasteiger partial charge on any atom is 0.0699 e. The summed E-state index contributed by atoms with van der Waals surface area (Å²) in [7, 11) is 1.98. The van der Waals surface area contributed by atoms with Gasteiger partial charge in [-0.1, -0.05) is 32.0 Å². The van der Waals surface area contributed by atoms with Gasteiger partial charge in [-0.15, -0.1) is 0 Å². The summed E-state index contributed by atoms with van der Waals surface area (Å²) in [4.78, 5) is 0. The van der Waals surface area contributed by atoms with Crippen LogP contribution in [0, 0.1) is 6.92 Å². The molecule has 3 nitrogen and oxygen atoms in total. The van der Waals surface area contributed by atoms with E-state index in [0.717, 1.165) is 6.54 Å². The van der Waals surface area contributed by atoms with Crippen molar-refractivity contribution in [1.82, 2.24) is 9.78 Å². The van der Waals surface area contributed by atoms with E-state index in [0.29, 0.717) is 5.92 Å². The maximum absolute atomic E-state index is 4.52. The molecule has 0 aliphatic rings. The fourth-order valence-corrected chi connectivity index (χ4v) is 2.14. The third kappa shape index (κ3) is 2.73. The van der Waals surface area contributed by atoms with Crippen molar-refractivity contribution in [3.8, 4) is 0 Å². The van der Waals surface area contributed by atoms with Crippen LogP contribution in [-0.2, 0) is 13.6 Å². The maximum atomic E-state index is 4.52. The number of nitrogens with one attached hydrogen (secondary N) is 1. The second kappa shape index (κ2) is 5.25. The van der Waals surface area contributed by atoms with Crippen molar-refractivity contribution < 1.29 is 0 Å². The topological polar surface area (TPSA) is 29.9 Å². The van der Waals surface area contributed by atoms with E-state index in [2.05, 4.69) is 61.6 Å². The fourth-order valence-electron chi connectivity index (χ4n) is 2.14. The Bertz CT molecular complexity index is 526. The van der Waals surface area contributed by atoms with E-state index in [1.54, 1.807) is 0 Å². The Morgan fingerprint density at radius 2 is 2.00 bits per heavy atom. The lowest BCUT2D eigenvalue weighted by molar-refractivity contribution is 0.712. The second-order valence-electron chi connectivity index (χ2n) is 5.04. The summed E-state index contributed by atoms with van der Waals surface area (Å²) < 4.78 is 1.89. The van der Waals surface area contributed by atoms with E-state index < -0.39 is 0 Å². The molecule has 1 N–H and O–H groups in total. The first-order valence-corrected chi connectivity index (χ1v) is 6.40. The molecular formula is C15H21N3. The molecule has 2 rings (SSSR count). The summed E-state index contributed by atoms with van der Waals surface area (Å²) in [6, 6.07) is 8.35. The Morgan fingerprint density at radius 3 is 2.67 bits per heavy atom. The number of para-hydroxylation sites is 1. The molecule has 96 valence electrons. The Morgan fingerprint density at radius 1 is 1.28 bits per heavy atom. The van der Waals surface area contributed by atoms with Crippen LogP contribution in [0.4, 0.5) is 5.69 Å². The lowest BCUT2D eigenvalue weighted by Gasteiger charge is -2.10. The Balaban J connectivity index is 2.13. The van der Waals surface area contributed by atoms with Crippen LogP contribution in [0.3, 0.4) is 0 Å². The zero-order valence-electron chi connectivity index (χ0n) is 11.6. The molecule has 0 aliphatic carbocycles. The number of aryl methyl sites for hydroxylation is 2. The third-order valence-corrected chi connectivity index (χ3v) is 3.10. The van der Waals surface area contributed by atoms with E-state index in [4.69, 9.17) is 0 Å². The average molecular weight is 243 g/mol. The van der Waals surface area contributed by atoms with Crippen LogP contribution < -0.4 is 5.32 Å². The number of benzene rings is 1. The summed E-state index contributed by atoms with van der Waals surface area (Å²) in [5.41, 5.74) is 4.91. The minimum Gasteiger partial charge on any atom is -0.381 e. The molecule has 1 heterocycles. The average Bonchev–Trinajstić information content (AvgIpc) is 2.70. The summed E-state index contributed by atoms with van der Waals surface area (Å²) in [6.45, 7) is 7.31. The molecule has 0 bridgehead atoms. The first-order chi connectivity index (χ1) is 8.58. The van der Waals surface area contributed by atoms with E-state index in [9.17, 15) is 0 Å². The van der Waals surface area contributed by atoms with Gasteiger partial charge < -0.3 is 5.32 Å². The van der Waals surface area contributed by atoms with E-state index in [1.165, 1.54) is 22.5 Å². The second-order valence-corrected chi connectivity index (χ2v) is 5.04. The minimum absolute atomic E-state index is 0.458. The predicted octanol–water partition coefficient (Wildman–Crippen LogP) is 3.46. The zero-order valence-corrected chi connectivity index (χ0v) is 11.6. The van der Waals surface area contributed by atoms with Gasteiger partial charge in [-0.25, -0.2) is 0 Å². The molecule has 0 unspecified atom stereocenters. The van der Waals surface area contributed by atoms with Crippen molar-refractivity contribution in [1.29, 1.82) is 0 Å². The SMILES string of the molecule is Cc1ccccc1NCc1cn(C)nc1C(C)C. The minimum atomic E-state index is 0.458. The van der Waals surface area contributed by atoms with E-state index in [-0.39, 0.29) is 0 Å². The Labute approximate surface area is 109 Å². The molecule has 0 radical (unpaired) electrons. The number of rotatable bonds is 4. The first-order valence-electron chi connectivity index (χ1n) is 6.40. The lowest BCUT2D eigenvalue weighted by atomic mass is 10.1. The number of aromatic nitrogens is 2. The van der Waals surface area contributed by atoms with Crippen LogP contribution >= 0.6 is 0 Å². The first kappa shape index (κ1) is 12.7. The summed E-state index contributed by atoms with van der Waals surface area (Å²) in [5.74, 6) is 0.458. The summed E-state index contributed by atoms with van der Waals surface area (Å²) >= 11 is 0. The van der Waals surface area contributed by atoms with Gasteiger partial charge in [0, 0.05) is 31.0 Å². The van der Waals surface area contributed by atoms with Crippen molar-refractivity contribution >= 4 is 5.69 Å². The molecule has 0 saturated heterocycles. The van der Waals surface area contributed by atoms with Crippen molar-refractivity contribution in [2.45, 2.75) is 33.2 Å². The van der Waals surface area contributed by atoms with Crippen LogP contribution in [0.5, 0.6) is 0 Å². The van der Waals surface area contributed by atoms with Gasteiger partial charge in [0.2, 0.25) is 0 Å². The molecule has 2 aromatic rings. The van der Waals surface area contributed by atoms with E-state index >= 15 is 0 Å². The van der Waals surface area contributed by atoms with Gasteiger partial charge in [-0.3, -0.25) is 4.68 Å². The molecule has 3 heteroatoms. The van der Waals surface area contributed by atoms with Crippen LogP contribution in [0.2, 0.25) is 0 Å². The van der Waals surface area contributed by atoms with Crippen molar-refractivity contribution in [2.75, 3.05) is 5.32 Å². The van der Waals surface area contributed by atoms with Crippen molar-refractivity contribution in [3.05, 3.63) is 47.3 Å².